The third-order valence-electron chi connectivity index (χ3n) is 4.66. The Balaban J connectivity index is 0.00000161. The summed E-state index contributed by atoms with van der Waals surface area (Å²) < 4.78 is 0. The first-order valence-electron chi connectivity index (χ1n) is 7.94. The van der Waals surface area contributed by atoms with Gasteiger partial charge in [0.2, 0.25) is 0 Å². The lowest BCUT2D eigenvalue weighted by Crippen LogP contribution is -2.47. The van der Waals surface area contributed by atoms with E-state index in [1.54, 1.807) is 11.3 Å². The Bertz CT molecular complexity index is 412. The first kappa shape index (κ1) is 17.0. The van der Waals surface area contributed by atoms with Gasteiger partial charge in [0.25, 0.3) is 0 Å². The molecule has 0 aromatic carbocycles. The van der Waals surface area contributed by atoms with Crippen LogP contribution >= 0.6 is 23.7 Å². The topological polar surface area (TPSA) is 45.4 Å². The van der Waals surface area contributed by atoms with Gasteiger partial charge in [-0.1, -0.05) is 19.3 Å². The van der Waals surface area contributed by atoms with Gasteiger partial charge in [-0.2, -0.15) is 0 Å². The number of thiazole rings is 1. The van der Waals surface area contributed by atoms with Crippen LogP contribution in [0.15, 0.2) is 6.20 Å². The van der Waals surface area contributed by atoms with Crippen molar-refractivity contribution in [1.29, 1.82) is 0 Å². The Morgan fingerprint density at radius 1 is 1.10 bits per heavy atom. The van der Waals surface area contributed by atoms with Crippen LogP contribution in [-0.4, -0.2) is 47.5 Å². The average molecular weight is 331 g/mol. The molecule has 2 fully saturated rings. The summed E-state index contributed by atoms with van der Waals surface area (Å²) >= 11 is 1.62. The minimum Gasteiger partial charge on any atom is -0.375 e. The van der Waals surface area contributed by atoms with Crippen molar-refractivity contribution in [2.24, 2.45) is 5.92 Å². The highest BCUT2D eigenvalue weighted by molar-refractivity contribution is 7.15. The van der Waals surface area contributed by atoms with E-state index >= 15 is 0 Å². The minimum atomic E-state index is 0. The second-order valence-electron chi connectivity index (χ2n) is 6.25. The van der Waals surface area contributed by atoms with Crippen molar-refractivity contribution in [1.82, 2.24) is 14.8 Å². The number of hydrogen-bond acceptors (Lipinski definition) is 5. The van der Waals surface area contributed by atoms with Gasteiger partial charge in [-0.15, -0.1) is 23.7 Å². The van der Waals surface area contributed by atoms with Gasteiger partial charge in [-0.05, 0) is 18.8 Å². The number of halogens is 1. The summed E-state index contributed by atoms with van der Waals surface area (Å²) in [6, 6.07) is 0. The molecule has 0 bridgehead atoms. The molecule has 1 aliphatic heterocycles. The lowest BCUT2D eigenvalue weighted by Gasteiger charge is -2.37. The zero-order valence-corrected chi connectivity index (χ0v) is 14.3. The Kier molecular flexibility index (Phi) is 6.74. The van der Waals surface area contributed by atoms with Crippen molar-refractivity contribution in [2.45, 2.75) is 38.6 Å². The first-order chi connectivity index (χ1) is 9.79. The van der Waals surface area contributed by atoms with Gasteiger partial charge in [0, 0.05) is 50.3 Å². The second-order valence-corrected chi connectivity index (χ2v) is 7.39. The molecule has 2 heterocycles. The standard InChI is InChI=1S/C15H26N4S.ClH/c16-15-17-10-14(20-15)12-19-8-6-18(7-9-19)11-13-4-2-1-3-5-13;/h10,13H,1-9,11-12H2,(H2,16,17);1H. The SMILES string of the molecule is Cl.Nc1ncc(CN2CCN(CC3CCCCC3)CC2)s1. The fourth-order valence-corrected chi connectivity index (χ4v) is 4.21. The maximum Gasteiger partial charge on any atom is 0.180 e. The van der Waals surface area contributed by atoms with Gasteiger partial charge in [0.05, 0.1) is 0 Å². The van der Waals surface area contributed by atoms with Crippen molar-refractivity contribution in [3.05, 3.63) is 11.1 Å². The third kappa shape index (κ3) is 5.09. The van der Waals surface area contributed by atoms with E-state index in [0.717, 1.165) is 12.5 Å². The quantitative estimate of drug-likeness (QED) is 0.922. The monoisotopic (exact) mass is 330 g/mol. The van der Waals surface area contributed by atoms with Crippen LogP contribution in [0.1, 0.15) is 37.0 Å². The number of hydrogen-bond donors (Lipinski definition) is 1. The minimum absolute atomic E-state index is 0. The van der Waals surface area contributed by atoms with Crippen molar-refractivity contribution in [2.75, 3.05) is 38.5 Å². The maximum absolute atomic E-state index is 5.69. The molecule has 1 aromatic rings. The van der Waals surface area contributed by atoms with Crippen molar-refractivity contribution >= 4 is 28.9 Å². The summed E-state index contributed by atoms with van der Waals surface area (Å²) in [7, 11) is 0. The van der Waals surface area contributed by atoms with Gasteiger partial charge in [-0.3, -0.25) is 4.90 Å². The molecular formula is C15H27ClN4S. The molecular weight excluding hydrogens is 304 g/mol. The smallest absolute Gasteiger partial charge is 0.180 e. The van der Waals surface area contributed by atoms with E-state index < -0.39 is 0 Å². The number of nitrogens with zero attached hydrogens (tertiary/aromatic N) is 3. The van der Waals surface area contributed by atoms with Gasteiger partial charge in [0.1, 0.15) is 0 Å². The van der Waals surface area contributed by atoms with Gasteiger partial charge >= 0.3 is 0 Å². The van der Waals surface area contributed by atoms with Crippen molar-refractivity contribution in [3.63, 3.8) is 0 Å². The van der Waals surface area contributed by atoms with Crippen molar-refractivity contribution in [3.8, 4) is 0 Å². The molecule has 120 valence electrons. The number of nitrogen functional groups attached to an aromatic ring is 1. The third-order valence-corrected chi connectivity index (χ3v) is 5.47. The van der Waals surface area contributed by atoms with Crippen LogP contribution in [0.2, 0.25) is 0 Å². The number of piperazine rings is 1. The molecule has 3 rings (SSSR count). The van der Waals surface area contributed by atoms with E-state index in [-0.39, 0.29) is 12.4 Å². The molecule has 1 saturated carbocycles. The number of anilines is 1. The van der Waals surface area contributed by atoms with Crippen LogP contribution in [-0.2, 0) is 6.54 Å². The fourth-order valence-electron chi connectivity index (χ4n) is 3.48. The number of nitrogens with two attached hydrogens (primary N) is 1. The zero-order chi connectivity index (χ0) is 13.8. The molecule has 4 nitrogen and oxygen atoms in total. The van der Waals surface area contributed by atoms with Crippen molar-refractivity contribution < 1.29 is 0 Å². The average Bonchev–Trinajstić information content (AvgIpc) is 2.88. The zero-order valence-electron chi connectivity index (χ0n) is 12.7. The molecule has 21 heavy (non-hydrogen) atoms. The normalized spacial score (nSPS) is 22.1. The van der Waals surface area contributed by atoms with Crippen LogP contribution in [0.3, 0.4) is 0 Å². The van der Waals surface area contributed by atoms with Gasteiger partial charge in [-0.25, -0.2) is 4.98 Å². The second kappa shape index (κ2) is 8.32. The number of aromatic nitrogens is 1. The first-order valence-corrected chi connectivity index (χ1v) is 8.76. The summed E-state index contributed by atoms with van der Waals surface area (Å²) in [6.07, 6.45) is 9.21. The van der Waals surface area contributed by atoms with Crippen LogP contribution < -0.4 is 5.73 Å². The molecule has 1 aromatic heterocycles. The lowest BCUT2D eigenvalue weighted by molar-refractivity contribution is 0.106. The Labute approximate surface area is 138 Å². The molecule has 1 saturated heterocycles. The van der Waals surface area contributed by atoms with Gasteiger partial charge in [0.15, 0.2) is 5.13 Å². The van der Waals surface area contributed by atoms with Crippen LogP contribution in [0.4, 0.5) is 5.13 Å². The summed E-state index contributed by atoms with van der Waals surface area (Å²) in [5, 5.41) is 0.691. The predicted octanol–water partition coefficient (Wildman–Crippen LogP) is 2.85. The van der Waals surface area contributed by atoms with E-state index in [2.05, 4.69) is 14.8 Å². The maximum atomic E-state index is 5.69. The highest BCUT2D eigenvalue weighted by Gasteiger charge is 2.21. The van der Waals surface area contributed by atoms with E-state index in [0.29, 0.717) is 5.13 Å². The molecule has 0 amide bonds. The van der Waals surface area contributed by atoms with Crippen LogP contribution in [0.5, 0.6) is 0 Å². The summed E-state index contributed by atoms with van der Waals surface area (Å²) in [6.45, 7) is 7.18. The van der Waals surface area contributed by atoms with E-state index in [1.807, 2.05) is 6.20 Å². The molecule has 2 N–H and O–H groups in total. The Morgan fingerprint density at radius 2 is 1.76 bits per heavy atom. The molecule has 2 aliphatic rings. The lowest BCUT2D eigenvalue weighted by atomic mass is 9.89. The van der Waals surface area contributed by atoms with Crippen LogP contribution in [0, 0.1) is 5.92 Å². The highest BCUT2D eigenvalue weighted by atomic mass is 35.5. The molecule has 0 unspecified atom stereocenters. The largest absolute Gasteiger partial charge is 0.375 e. The van der Waals surface area contributed by atoms with E-state index in [1.165, 1.54) is 69.7 Å². The van der Waals surface area contributed by atoms with E-state index in [4.69, 9.17) is 5.73 Å². The molecule has 6 heteroatoms. The summed E-state index contributed by atoms with van der Waals surface area (Å²) in [4.78, 5) is 10.6. The predicted molar refractivity (Wildman–Crippen MR) is 92.1 cm³/mol. The fraction of sp³-hybridized carbons (Fsp3) is 0.800. The number of rotatable bonds is 4. The highest BCUT2D eigenvalue weighted by Crippen LogP contribution is 2.25. The molecule has 1 aliphatic carbocycles. The summed E-state index contributed by atoms with van der Waals surface area (Å²) in [5.41, 5.74) is 5.69. The Hall–Kier alpha value is -0.360. The molecule has 0 radical (unpaired) electrons. The Morgan fingerprint density at radius 3 is 2.38 bits per heavy atom. The molecule has 0 atom stereocenters. The van der Waals surface area contributed by atoms with Gasteiger partial charge < -0.3 is 10.6 Å². The molecule has 0 spiro atoms. The van der Waals surface area contributed by atoms with Crippen LogP contribution in [0.25, 0.3) is 0 Å². The van der Waals surface area contributed by atoms with E-state index in [9.17, 15) is 0 Å². The summed E-state index contributed by atoms with van der Waals surface area (Å²) in [5.74, 6) is 0.969.